The predicted molar refractivity (Wildman–Crippen MR) is 70.2 cm³/mol. The van der Waals surface area contributed by atoms with Crippen molar-refractivity contribution in [2.75, 3.05) is 13.1 Å². The number of carbonyl (C=O) groups is 1. The molecule has 1 aromatic rings. The molecule has 18 heavy (non-hydrogen) atoms. The number of phenolic OH excluding ortho intramolecular Hbond substituents is 1. The molecule has 0 spiro atoms. The van der Waals surface area contributed by atoms with Crippen LogP contribution in [0.5, 0.6) is 5.75 Å². The van der Waals surface area contributed by atoms with Gasteiger partial charge in [0, 0.05) is 6.04 Å². The summed E-state index contributed by atoms with van der Waals surface area (Å²) < 4.78 is 0. The standard InChI is InChI=1S/C14H20N2O2/c1-2-16(9-14(15)18)13-5-3-4-10-8-11(17)6-7-12(10)13/h6-8,13,17H,2-5,9H2,1H3,(H2,15,18). The summed E-state index contributed by atoms with van der Waals surface area (Å²) in [4.78, 5) is 13.2. The summed E-state index contributed by atoms with van der Waals surface area (Å²) in [5.41, 5.74) is 7.71. The van der Waals surface area contributed by atoms with E-state index >= 15 is 0 Å². The summed E-state index contributed by atoms with van der Waals surface area (Å²) in [7, 11) is 0. The molecule has 98 valence electrons. The fourth-order valence-corrected chi connectivity index (χ4v) is 2.80. The highest BCUT2D eigenvalue weighted by Crippen LogP contribution is 2.35. The van der Waals surface area contributed by atoms with Crippen LogP contribution in [0.3, 0.4) is 0 Å². The normalized spacial score (nSPS) is 18.7. The Balaban J connectivity index is 2.28. The van der Waals surface area contributed by atoms with Gasteiger partial charge < -0.3 is 10.8 Å². The van der Waals surface area contributed by atoms with Crippen LogP contribution in [0, 0.1) is 0 Å². The first-order valence-corrected chi connectivity index (χ1v) is 6.46. The lowest BCUT2D eigenvalue weighted by molar-refractivity contribution is -0.119. The van der Waals surface area contributed by atoms with Crippen molar-refractivity contribution in [1.82, 2.24) is 4.90 Å². The van der Waals surface area contributed by atoms with Gasteiger partial charge in [-0.25, -0.2) is 0 Å². The largest absolute Gasteiger partial charge is 0.508 e. The minimum atomic E-state index is -0.289. The lowest BCUT2D eigenvalue weighted by Crippen LogP contribution is -2.37. The van der Waals surface area contributed by atoms with Crippen LogP contribution in [0.2, 0.25) is 0 Å². The average Bonchev–Trinajstić information content (AvgIpc) is 2.34. The van der Waals surface area contributed by atoms with Gasteiger partial charge in [0.2, 0.25) is 5.91 Å². The third kappa shape index (κ3) is 2.64. The van der Waals surface area contributed by atoms with Gasteiger partial charge in [-0.05, 0) is 49.1 Å². The molecule has 1 atom stereocenters. The van der Waals surface area contributed by atoms with Crippen molar-refractivity contribution in [2.45, 2.75) is 32.2 Å². The highest BCUT2D eigenvalue weighted by molar-refractivity contribution is 5.76. The number of amides is 1. The molecule has 0 bridgehead atoms. The topological polar surface area (TPSA) is 66.6 Å². The summed E-state index contributed by atoms with van der Waals surface area (Å²) in [6.07, 6.45) is 3.11. The Labute approximate surface area is 107 Å². The predicted octanol–water partition coefficient (Wildman–Crippen LogP) is 1.58. The van der Waals surface area contributed by atoms with Crippen LogP contribution in [-0.2, 0) is 11.2 Å². The van der Waals surface area contributed by atoms with E-state index in [0.717, 1.165) is 25.8 Å². The fourth-order valence-electron chi connectivity index (χ4n) is 2.80. The van der Waals surface area contributed by atoms with Gasteiger partial charge in [0.1, 0.15) is 5.75 Å². The molecule has 1 amide bonds. The Morgan fingerprint density at radius 1 is 1.56 bits per heavy atom. The zero-order chi connectivity index (χ0) is 13.1. The molecule has 0 aromatic heterocycles. The van der Waals surface area contributed by atoms with E-state index in [4.69, 9.17) is 5.73 Å². The van der Waals surface area contributed by atoms with Gasteiger partial charge in [-0.15, -0.1) is 0 Å². The van der Waals surface area contributed by atoms with Gasteiger partial charge in [0.05, 0.1) is 6.54 Å². The van der Waals surface area contributed by atoms with Gasteiger partial charge >= 0.3 is 0 Å². The number of aryl methyl sites for hydroxylation is 1. The number of aromatic hydroxyl groups is 1. The van der Waals surface area contributed by atoms with Gasteiger partial charge in [-0.3, -0.25) is 9.69 Å². The van der Waals surface area contributed by atoms with Crippen LogP contribution >= 0.6 is 0 Å². The molecular weight excluding hydrogens is 228 g/mol. The first-order chi connectivity index (χ1) is 8.61. The monoisotopic (exact) mass is 248 g/mol. The molecule has 1 aromatic carbocycles. The smallest absolute Gasteiger partial charge is 0.231 e. The third-order valence-corrected chi connectivity index (χ3v) is 3.62. The molecule has 0 saturated carbocycles. The second-order valence-corrected chi connectivity index (χ2v) is 4.82. The minimum Gasteiger partial charge on any atom is -0.508 e. The Morgan fingerprint density at radius 3 is 3.00 bits per heavy atom. The maximum absolute atomic E-state index is 11.1. The molecule has 0 fully saturated rings. The zero-order valence-electron chi connectivity index (χ0n) is 10.7. The van der Waals surface area contributed by atoms with Crippen molar-refractivity contribution in [1.29, 1.82) is 0 Å². The molecule has 1 unspecified atom stereocenters. The van der Waals surface area contributed by atoms with E-state index in [9.17, 15) is 9.90 Å². The van der Waals surface area contributed by atoms with Crippen molar-refractivity contribution in [2.24, 2.45) is 5.73 Å². The highest BCUT2D eigenvalue weighted by atomic mass is 16.3. The van der Waals surface area contributed by atoms with Crippen molar-refractivity contribution in [3.63, 3.8) is 0 Å². The molecule has 4 heteroatoms. The number of phenols is 1. The molecule has 3 N–H and O–H groups in total. The molecule has 0 radical (unpaired) electrons. The average molecular weight is 248 g/mol. The Hall–Kier alpha value is -1.55. The summed E-state index contributed by atoms with van der Waals surface area (Å²) in [5.74, 6) is 0.0232. The number of nitrogens with zero attached hydrogens (tertiary/aromatic N) is 1. The second kappa shape index (κ2) is 5.40. The molecule has 0 aliphatic heterocycles. The van der Waals surface area contributed by atoms with Crippen LogP contribution < -0.4 is 5.73 Å². The van der Waals surface area contributed by atoms with E-state index in [0.29, 0.717) is 12.3 Å². The van der Waals surface area contributed by atoms with Gasteiger partial charge in [-0.1, -0.05) is 13.0 Å². The van der Waals surface area contributed by atoms with E-state index in [2.05, 4.69) is 4.90 Å². The fraction of sp³-hybridized carbons (Fsp3) is 0.500. The number of hydrogen-bond donors (Lipinski definition) is 2. The number of rotatable bonds is 4. The molecular formula is C14H20N2O2. The van der Waals surface area contributed by atoms with Crippen LogP contribution in [0.15, 0.2) is 18.2 Å². The second-order valence-electron chi connectivity index (χ2n) is 4.82. The van der Waals surface area contributed by atoms with E-state index < -0.39 is 0 Å². The number of fused-ring (bicyclic) bond motifs is 1. The van der Waals surface area contributed by atoms with Crippen molar-refractivity contribution in [3.8, 4) is 5.75 Å². The summed E-state index contributed by atoms with van der Waals surface area (Å²) in [6.45, 7) is 3.13. The Kier molecular flexibility index (Phi) is 3.87. The minimum absolute atomic E-state index is 0.242. The van der Waals surface area contributed by atoms with Gasteiger partial charge in [0.15, 0.2) is 0 Å². The first-order valence-electron chi connectivity index (χ1n) is 6.46. The maximum Gasteiger partial charge on any atom is 0.231 e. The third-order valence-electron chi connectivity index (χ3n) is 3.62. The number of likely N-dealkylation sites (N-methyl/N-ethyl adjacent to an activating group) is 1. The Bertz CT molecular complexity index is 445. The number of primary amides is 1. The van der Waals surface area contributed by atoms with E-state index in [1.807, 2.05) is 19.1 Å². The highest BCUT2D eigenvalue weighted by Gasteiger charge is 2.25. The molecule has 0 heterocycles. The SMILES string of the molecule is CCN(CC(N)=O)C1CCCc2cc(O)ccc21. The molecule has 1 aliphatic rings. The number of hydrogen-bond acceptors (Lipinski definition) is 3. The van der Waals surface area contributed by atoms with Crippen molar-refractivity contribution >= 4 is 5.91 Å². The first kappa shape index (κ1) is 12.9. The molecule has 1 aliphatic carbocycles. The number of nitrogens with two attached hydrogens (primary N) is 1. The van der Waals surface area contributed by atoms with Crippen LogP contribution in [0.25, 0.3) is 0 Å². The Morgan fingerprint density at radius 2 is 2.33 bits per heavy atom. The summed E-state index contributed by atoms with van der Waals surface area (Å²) >= 11 is 0. The van der Waals surface area contributed by atoms with Crippen LogP contribution in [0.4, 0.5) is 0 Å². The van der Waals surface area contributed by atoms with Crippen molar-refractivity contribution in [3.05, 3.63) is 29.3 Å². The number of carbonyl (C=O) groups excluding carboxylic acids is 1. The molecule has 2 rings (SSSR count). The van der Waals surface area contributed by atoms with Crippen molar-refractivity contribution < 1.29 is 9.90 Å². The van der Waals surface area contributed by atoms with Gasteiger partial charge in [-0.2, -0.15) is 0 Å². The maximum atomic E-state index is 11.1. The lowest BCUT2D eigenvalue weighted by Gasteiger charge is -2.34. The zero-order valence-corrected chi connectivity index (χ0v) is 10.7. The van der Waals surface area contributed by atoms with E-state index in [1.165, 1.54) is 11.1 Å². The van der Waals surface area contributed by atoms with Crippen LogP contribution in [0.1, 0.15) is 36.9 Å². The lowest BCUT2D eigenvalue weighted by atomic mass is 9.86. The quantitative estimate of drug-likeness (QED) is 0.850. The molecule has 4 nitrogen and oxygen atoms in total. The van der Waals surface area contributed by atoms with Crippen LogP contribution in [-0.4, -0.2) is 29.0 Å². The van der Waals surface area contributed by atoms with E-state index in [1.54, 1.807) is 6.07 Å². The summed E-state index contributed by atoms with van der Waals surface area (Å²) in [5, 5.41) is 9.53. The molecule has 0 saturated heterocycles. The van der Waals surface area contributed by atoms with E-state index in [-0.39, 0.29) is 11.9 Å². The summed E-state index contributed by atoms with van der Waals surface area (Å²) in [6, 6.07) is 5.76. The van der Waals surface area contributed by atoms with Gasteiger partial charge in [0.25, 0.3) is 0 Å². The number of benzene rings is 1.